The summed E-state index contributed by atoms with van der Waals surface area (Å²) >= 11 is 0. The molecule has 0 saturated heterocycles. The third-order valence-electron chi connectivity index (χ3n) is 1.72. The summed E-state index contributed by atoms with van der Waals surface area (Å²) in [7, 11) is -1.55. The maximum absolute atomic E-state index is 10.7. The lowest BCUT2D eigenvalue weighted by atomic mass is 10.2. The standard InChI is InChI=1S/C10H14N2O2Si/c1-15(2,3)11-8-9-6-4-5-7-10(9)12(13)14/h4-8H,1-3H3/b11-8+. The quantitative estimate of drug-likeness (QED) is 0.342. The number of hydrogen-bond donors (Lipinski definition) is 0. The maximum atomic E-state index is 10.7. The highest BCUT2D eigenvalue weighted by Gasteiger charge is 2.13. The van der Waals surface area contributed by atoms with E-state index in [-0.39, 0.29) is 10.6 Å². The van der Waals surface area contributed by atoms with E-state index in [1.165, 1.54) is 6.07 Å². The molecule has 0 aliphatic heterocycles. The molecule has 4 nitrogen and oxygen atoms in total. The van der Waals surface area contributed by atoms with Gasteiger partial charge in [-0.15, -0.1) is 0 Å². The Kier molecular flexibility index (Phi) is 3.36. The monoisotopic (exact) mass is 222 g/mol. The maximum Gasteiger partial charge on any atom is 0.278 e. The number of nitro groups is 1. The number of hydrogen-bond acceptors (Lipinski definition) is 3. The van der Waals surface area contributed by atoms with Crippen molar-refractivity contribution in [3.63, 3.8) is 0 Å². The zero-order valence-electron chi connectivity index (χ0n) is 9.10. The molecule has 0 atom stereocenters. The van der Waals surface area contributed by atoms with E-state index in [2.05, 4.69) is 24.3 Å². The summed E-state index contributed by atoms with van der Waals surface area (Å²) in [5, 5.41) is 10.7. The number of rotatable bonds is 3. The van der Waals surface area contributed by atoms with E-state index in [1.807, 2.05) is 0 Å². The van der Waals surface area contributed by atoms with Crippen molar-refractivity contribution in [3.05, 3.63) is 39.9 Å². The molecule has 0 bridgehead atoms. The van der Waals surface area contributed by atoms with Crippen molar-refractivity contribution in [2.75, 3.05) is 0 Å². The largest absolute Gasteiger partial charge is 0.328 e. The van der Waals surface area contributed by atoms with Gasteiger partial charge in [0.25, 0.3) is 5.69 Å². The average Bonchev–Trinajstić information content (AvgIpc) is 2.14. The van der Waals surface area contributed by atoms with Crippen molar-refractivity contribution in [3.8, 4) is 0 Å². The second-order valence-corrected chi connectivity index (χ2v) is 8.84. The fourth-order valence-electron chi connectivity index (χ4n) is 1.03. The summed E-state index contributed by atoms with van der Waals surface area (Å²) in [6, 6.07) is 6.63. The van der Waals surface area contributed by atoms with Crippen LogP contribution >= 0.6 is 0 Å². The minimum atomic E-state index is -1.55. The molecule has 1 aromatic rings. The molecule has 0 saturated carbocycles. The number of para-hydroxylation sites is 1. The van der Waals surface area contributed by atoms with Gasteiger partial charge in [-0.3, -0.25) is 10.1 Å². The molecule has 0 aromatic heterocycles. The van der Waals surface area contributed by atoms with Crippen LogP contribution in [0.4, 0.5) is 5.69 Å². The summed E-state index contributed by atoms with van der Waals surface area (Å²) in [6.07, 6.45) is 1.62. The van der Waals surface area contributed by atoms with Gasteiger partial charge in [0, 0.05) is 12.3 Å². The first kappa shape index (κ1) is 11.6. The Labute approximate surface area is 89.9 Å². The Morgan fingerprint density at radius 2 is 1.93 bits per heavy atom. The molecular weight excluding hydrogens is 208 g/mol. The predicted molar refractivity (Wildman–Crippen MR) is 64.0 cm³/mol. The molecule has 0 radical (unpaired) electrons. The molecule has 1 rings (SSSR count). The van der Waals surface area contributed by atoms with Crippen LogP contribution in [0.25, 0.3) is 0 Å². The highest BCUT2D eigenvalue weighted by molar-refractivity contribution is 6.75. The lowest BCUT2D eigenvalue weighted by Gasteiger charge is -2.07. The van der Waals surface area contributed by atoms with Crippen LogP contribution in [0.3, 0.4) is 0 Å². The van der Waals surface area contributed by atoms with E-state index >= 15 is 0 Å². The van der Waals surface area contributed by atoms with Crippen LogP contribution in [0, 0.1) is 10.1 Å². The molecule has 0 fully saturated rings. The van der Waals surface area contributed by atoms with E-state index in [9.17, 15) is 10.1 Å². The van der Waals surface area contributed by atoms with Gasteiger partial charge in [0.05, 0.1) is 10.5 Å². The molecular formula is C10H14N2O2Si. The van der Waals surface area contributed by atoms with Crippen molar-refractivity contribution in [2.24, 2.45) is 4.66 Å². The number of nitrogens with zero attached hydrogens (tertiary/aromatic N) is 2. The first-order valence-electron chi connectivity index (χ1n) is 4.69. The predicted octanol–water partition coefficient (Wildman–Crippen LogP) is 2.85. The van der Waals surface area contributed by atoms with E-state index in [1.54, 1.807) is 24.4 Å². The van der Waals surface area contributed by atoms with Crippen LogP contribution in [0.5, 0.6) is 0 Å². The van der Waals surface area contributed by atoms with Gasteiger partial charge in [-0.05, 0) is 25.7 Å². The third-order valence-corrected chi connectivity index (χ3v) is 2.63. The first-order chi connectivity index (χ1) is 6.90. The zero-order valence-corrected chi connectivity index (χ0v) is 10.1. The normalized spacial score (nSPS) is 11.9. The van der Waals surface area contributed by atoms with Crippen molar-refractivity contribution >= 4 is 20.1 Å². The van der Waals surface area contributed by atoms with Crippen LogP contribution in [-0.4, -0.2) is 19.4 Å². The van der Waals surface area contributed by atoms with Crippen molar-refractivity contribution in [1.29, 1.82) is 0 Å². The lowest BCUT2D eigenvalue weighted by molar-refractivity contribution is -0.385. The van der Waals surface area contributed by atoms with E-state index in [0.29, 0.717) is 5.56 Å². The van der Waals surface area contributed by atoms with Crippen LogP contribution in [-0.2, 0) is 0 Å². The van der Waals surface area contributed by atoms with Crippen LogP contribution in [0.2, 0.25) is 19.6 Å². The fourth-order valence-corrected chi connectivity index (χ4v) is 1.55. The Balaban J connectivity index is 3.05. The summed E-state index contributed by atoms with van der Waals surface area (Å²) in [4.78, 5) is 10.3. The van der Waals surface area contributed by atoms with Gasteiger partial charge in [0.15, 0.2) is 8.24 Å². The smallest absolute Gasteiger partial charge is 0.278 e. The van der Waals surface area contributed by atoms with E-state index in [0.717, 1.165) is 0 Å². The van der Waals surface area contributed by atoms with Gasteiger partial charge in [-0.1, -0.05) is 12.1 Å². The first-order valence-corrected chi connectivity index (χ1v) is 8.13. The highest BCUT2D eigenvalue weighted by atomic mass is 28.3. The molecule has 0 aliphatic carbocycles. The van der Waals surface area contributed by atoms with Gasteiger partial charge in [-0.25, -0.2) is 0 Å². The second-order valence-electron chi connectivity index (χ2n) is 4.24. The van der Waals surface area contributed by atoms with Gasteiger partial charge in [-0.2, -0.15) is 0 Å². The van der Waals surface area contributed by atoms with Crippen LogP contribution in [0.15, 0.2) is 28.9 Å². The SMILES string of the molecule is C[Si](C)(C)/N=C/c1ccccc1[N+](=O)[O-]. The topological polar surface area (TPSA) is 55.5 Å². The van der Waals surface area contributed by atoms with Gasteiger partial charge in [0.2, 0.25) is 0 Å². The minimum absolute atomic E-state index is 0.111. The summed E-state index contributed by atoms with van der Waals surface area (Å²) < 4.78 is 4.38. The lowest BCUT2D eigenvalue weighted by Crippen LogP contribution is -2.16. The van der Waals surface area contributed by atoms with E-state index < -0.39 is 8.24 Å². The van der Waals surface area contributed by atoms with Crippen molar-refractivity contribution < 1.29 is 4.92 Å². The summed E-state index contributed by atoms with van der Waals surface area (Å²) in [5.41, 5.74) is 0.685. The molecule has 0 N–H and O–H groups in total. The van der Waals surface area contributed by atoms with Gasteiger partial charge < -0.3 is 4.66 Å². The van der Waals surface area contributed by atoms with Crippen LogP contribution < -0.4 is 0 Å². The fraction of sp³-hybridized carbons (Fsp3) is 0.300. The zero-order chi connectivity index (χ0) is 11.5. The minimum Gasteiger partial charge on any atom is -0.328 e. The molecule has 0 heterocycles. The summed E-state index contributed by atoms with van der Waals surface area (Å²) in [6.45, 7) is 6.24. The number of nitro benzene ring substituents is 1. The van der Waals surface area contributed by atoms with Crippen molar-refractivity contribution in [2.45, 2.75) is 19.6 Å². The molecule has 15 heavy (non-hydrogen) atoms. The highest BCUT2D eigenvalue weighted by Crippen LogP contribution is 2.16. The summed E-state index contributed by atoms with van der Waals surface area (Å²) in [5.74, 6) is 0. The second kappa shape index (κ2) is 4.35. The Morgan fingerprint density at radius 3 is 2.47 bits per heavy atom. The molecule has 80 valence electrons. The molecule has 0 aliphatic rings. The van der Waals surface area contributed by atoms with Gasteiger partial charge in [0.1, 0.15) is 0 Å². The molecule has 5 heteroatoms. The molecule has 0 spiro atoms. The molecule has 0 unspecified atom stereocenters. The third kappa shape index (κ3) is 3.63. The molecule has 1 aromatic carbocycles. The molecule has 0 amide bonds. The Hall–Kier alpha value is -1.49. The van der Waals surface area contributed by atoms with Crippen molar-refractivity contribution in [1.82, 2.24) is 0 Å². The Morgan fingerprint density at radius 1 is 1.33 bits per heavy atom. The van der Waals surface area contributed by atoms with Gasteiger partial charge >= 0.3 is 0 Å². The Bertz CT molecular complexity index is 397. The number of benzene rings is 1. The van der Waals surface area contributed by atoms with Crippen LogP contribution in [0.1, 0.15) is 5.56 Å². The van der Waals surface area contributed by atoms with E-state index in [4.69, 9.17) is 0 Å². The average molecular weight is 222 g/mol.